The molecule has 0 unspecified atom stereocenters. The Balaban J connectivity index is 2.28. The third kappa shape index (κ3) is 4.33. The maximum absolute atomic E-state index is 11.4. The van der Waals surface area contributed by atoms with Crippen LogP contribution in [0.2, 0.25) is 0 Å². The molecule has 0 amide bonds. The number of hydrogen-bond acceptors (Lipinski definition) is 2. The minimum absolute atomic E-state index is 0.357. The summed E-state index contributed by atoms with van der Waals surface area (Å²) in [6.07, 6.45) is 1.73. The monoisotopic (exact) mass is 241 g/mol. The number of benzene rings is 1. The molecule has 1 rings (SSSR count). The Morgan fingerprint density at radius 3 is 2.38 bits per heavy atom. The highest BCUT2D eigenvalue weighted by molar-refractivity contribution is 7.90. The van der Waals surface area contributed by atoms with Crippen molar-refractivity contribution in [3.05, 3.63) is 35.9 Å². The predicted octanol–water partition coefficient (Wildman–Crippen LogP) is 1.95. The van der Waals surface area contributed by atoms with Gasteiger partial charge in [-0.15, -0.1) is 0 Å². The zero-order valence-corrected chi connectivity index (χ0v) is 10.6. The van der Waals surface area contributed by atoms with Gasteiger partial charge in [-0.2, -0.15) is 0 Å². The summed E-state index contributed by atoms with van der Waals surface area (Å²) in [6, 6.07) is 10.1. The Hall–Kier alpha value is -0.870. The molecule has 0 saturated carbocycles. The highest BCUT2D eigenvalue weighted by Gasteiger charge is 2.13. The summed E-state index contributed by atoms with van der Waals surface area (Å²) in [5.74, 6) is 0. The maximum Gasteiger partial charge on any atom is 0.213 e. The van der Waals surface area contributed by atoms with E-state index in [1.54, 1.807) is 13.8 Å². The van der Waals surface area contributed by atoms with Crippen LogP contribution in [0.4, 0.5) is 0 Å². The number of rotatable bonds is 6. The van der Waals surface area contributed by atoms with E-state index in [1.165, 1.54) is 5.56 Å². The maximum atomic E-state index is 11.4. The van der Waals surface area contributed by atoms with E-state index in [4.69, 9.17) is 0 Å². The van der Waals surface area contributed by atoms with Gasteiger partial charge in [0.1, 0.15) is 0 Å². The number of hydrogen-bond donors (Lipinski definition) is 1. The summed E-state index contributed by atoms with van der Waals surface area (Å²) >= 11 is 0. The van der Waals surface area contributed by atoms with E-state index in [1.807, 2.05) is 18.2 Å². The van der Waals surface area contributed by atoms with Gasteiger partial charge in [-0.05, 0) is 32.3 Å². The van der Waals surface area contributed by atoms with Crippen molar-refractivity contribution in [2.45, 2.75) is 31.9 Å². The SMILES string of the molecule is CC(C)S(=O)(=O)NCCCc1ccccc1. The third-order valence-electron chi connectivity index (χ3n) is 2.41. The summed E-state index contributed by atoms with van der Waals surface area (Å²) in [5.41, 5.74) is 1.24. The standard InChI is InChI=1S/C12H19NO2S/c1-11(2)16(14,15)13-10-6-9-12-7-4-3-5-8-12/h3-5,7-8,11,13H,6,9-10H2,1-2H3. The topological polar surface area (TPSA) is 46.2 Å². The lowest BCUT2D eigenvalue weighted by molar-refractivity contribution is 0.570. The van der Waals surface area contributed by atoms with E-state index < -0.39 is 10.0 Å². The molecule has 1 aromatic rings. The Labute approximate surface area is 97.9 Å². The third-order valence-corrected chi connectivity index (χ3v) is 4.26. The van der Waals surface area contributed by atoms with Gasteiger partial charge in [0.15, 0.2) is 0 Å². The van der Waals surface area contributed by atoms with Crippen molar-refractivity contribution >= 4 is 10.0 Å². The van der Waals surface area contributed by atoms with Crippen molar-refractivity contribution in [3.8, 4) is 0 Å². The van der Waals surface area contributed by atoms with E-state index >= 15 is 0 Å². The summed E-state index contributed by atoms with van der Waals surface area (Å²) < 4.78 is 25.5. The summed E-state index contributed by atoms with van der Waals surface area (Å²) in [4.78, 5) is 0. The highest BCUT2D eigenvalue weighted by atomic mass is 32.2. The van der Waals surface area contributed by atoms with Crippen LogP contribution in [-0.2, 0) is 16.4 Å². The van der Waals surface area contributed by atoms with Gasteiger partial charge in [0.05, 0.1) is 5.25 Å². The van der Waals surface area contributed by atoms with Crippen LogP contribution in [0.1, 0.15) is 25.8 Å². The van der Waals surface area contributed by atoms with Crippen molar-refractivity contribution in [2.24, 2.45) is 0 Å². The highest BCUT2D eigenvalue weighted by Crippen LogP contribution is 2.02. The molecule has 0 bridgehead atoms. The first-order valence-electron chi connectivity index (χ1n) is 5.55. The molecular weight excluding hydrogens is 222 g/mol. The van der Waals surface area contributed by atoms with Crippen LogP contribution in [0.25, 0.3) is 0 Å². The van der Waals surface area contributed by atoms with Crippen LogP contribution in [0.5, 0.6) is 0 Å². The van der Waals surface area contributed by atoms with Crippen LogP contribution in [0.15, 0.2) is 30.3 Å². The Morgan fingerprint density at radius 1 is 1.19 bits per heavy atom. The molecule has 1 aromatic carbocycles. The molecule has 4 heteroatoms. The smallest absolute Gasteiger partial charge is 0.213 e. The molecule has 0 fully saturated rings. The average molecular weight is 241 g/mol. The number of nitrogens with one attached hydrogen (secondary N) is 1. The Morgan fingerprint density at radius 2 is 1.81 bits per heavy atom. The van der Waals surface area contributed by atoms with E-state index in [2.05, 4.69) is 16.9 Å². The van der Waals surface area contributed by atoms with Crippen molar-refractivity contribution in [3.63, 3.8) is 0 Å². The Kier molecular flexibility index (Phi) is 4.96. The second-order valence-electron chi connectivity index (χ2n) is 4.08. The zero-order chi connectivity index (χ0) is 12.0. The first-order chi connectivity index (χ1) is 7.52. The molecule has 3 nitrogen and oxygen atoms in total. The quantitative estimate of drug-likeness (QED) is 0.774. The lowest BCUT2D eigenvalue weighted by atomic mass is 10.1. The van der Waals surface area contributed by atoms with Crippen LogP contribution in [0, 0.1) is 0 Å². The normalized spacial score (nSPS) is 11.9. The van der Waals surface area contributed by atoms with E-state index in [0.29, 0.717) is 6.54 Å². The van der Waals surface area contributed by atoms with Gasteiger partial charge < -0.3 is 0 Å². The molecule has 1 N–H and O–H groups in total. The summed E-state index contributed by atoms with van der Waals surface area (Å²) in [6.45, 7) is 3.87. The molecule has 0 aromatic heterocycles. The molecule has 0 radical (unpaired) electrons. The molecule has 0 spiro atoms. The minimum Gasteiger partial charge on any atom is -0.215 e. The molecule has 0 heterocycles. The largest absolute Gasteiger partial charge is 0.215 e. The van der Waals surface area contributed by atoms with Gasteiger partial charge in [0.2, 0.25) is 10.0 Å². The van der Waals surface area contributed by atoms with Gasteiger partial charge in [0, 0.05) is 6.54 Å². The fourth-order valence-corrected chi connectivity index (χ4v) is 2.08. The lowest BCUT2D eigenvalue weighted by Gasteiger charge is -2.09. The summed E-state index contributed by atoms with van der Waals surface area (Å²) in [7, 11) is -3.10. The fourth-order valence-electron chi connectivity index (χ4n) is 1.32. The van der Waals surface area contributed by atoms with E-state index in [-0.39, 0.29) is 5.25 Å². The average Bonchev–Trinajstić information content (AvgIpc) is 2.26. The fraction of sp³-hybridized carbons (Fsp3) is 0.500. The van der Waals surface area contributed by atoms with Gasteiger partial charge in [-0.3, -0.25) is 0 Å². The molecule has 16 heavy (non-hydrogen) atoms. The first kappa shape index (κ1) is 13.2. The van der Waals surface area contributed by atoms with Gasteiger partial charge >= 0.3 is 0 Å². The van der Waals surface area contributed by atoms with E-state index in [0.717, 1.165) is 12.8 Å². The molecule has 90 valence electrons. The van der Waals surface area contributed by atoms with Crippen molar-refractivity contribution in [1.29, 1.82) is 0 Å². The summed E-state index contributed by atoms with van der Waals surface area (Å²) in [5, 5.41) is -0.357. The van der Waals surface area contributed by atoms with Gasteiger partial charge in [0.25, 0.3) is 0 Å². The number of aryl methyl sites for hydroxylation is 1. The molecular formula is C12H19NO2S. The number of sulfonamides is 1. The predicted molar refractivity (Wildman–Crippen MR) is 66.8 cm³/mol. The van der Waals surface area contributed by atoms with Crippen LogP contribution < -0.4 is 4.72 Å². The molecule has 0 saturated heterocycles. The van der Waals surface area contributed by atoms with Crippen molar-refractivity contribution in [1.82, 2.24) is 4.72 Å². The van der Waals surface area contributed by atoms with Crippen molar-refractivity contribution < 1.29 is 8.42 Å². The second-order valence-corrected chi connectivity index (χ2v) is 6.40. The molecule has 0 aliphatic rings. The molecule has 0 atom stereocenters. The van der Waals surface area contributed by atoms with Crippen LogP contribution in [0.3, 0.4) is 0 Å². The van der Waals surface area contributed by atoms with Crippen LogP contribution in [-0.4, -0.2) is 20.2 Å². The van der Waals surface area contributed by atoms with Gasteiger partial charge in [-0.1, -0.05) is 30.3 Å². The van der Waals surface area contributed by atoms with Gasteiger partial charge in [-0.25, -0.2) is 13.1 Å². The lowest BCUT2D eigenvalue weighted by Crippen LogP contribution is -2.31. The second kappa shape index (κ2) is 6.01. The Bertz CT molecular complexity index is 398. The molecule has 0 aliphatic heterocycles. The molecule has 0 aliphatic carbocycles. The van der Waals surface area contributed by atoms with E-state index in [9.17, 15) is 8.42 Å². The minimum atomic E-state index is -3.10. The van der Waals surface area contributed by atoms with Crippen molar-refractivity contribution in [2.75, 3.05) is 6.54 Å². The first-order valence-corrected chi connectivity index (χ1v) is 7.09. The van der Waals surface area contributed by atoms with Crippen LogP contribution >= 0.6 is 0 Å². The zero-order valence-electron chi connectivity index (χ0n) is 9.81.